The number of nitriles is 1. The number of hydrogen-bond acceptors (Lipinski definition) is 3. The van der Waals surface area contributed by atoms with Gasteiger partial charge in [0.15, 0.2) is 0 Å². The second kappa shape index (κ2) is 3.89. The lowest BCUT2D eigenvalue weighted by Gasteiger charge is -2.21. The lowest BCUT2D eigenvalue weighted by Crippen LogP contribution is -2.35. The summed E-state index contributed by atoms with van der Waals surface area (Å²) in [6.07, 6.45) is 2.09. The number of ketones is 1. The SMILES string of the molecule is N#CCC1(CN2C(=O)C(=O)c3ccc(F)cc32)CC1. The van der Waals surface area contributed by atoms with Crippen LogP contribution < -0.4 is 4.90 Å². The number of hydrogen-bond donors (Lipinski definition) is 0. The molecule has 1 amide bonds. The van der Waals surface area contributed by atoms with Crippen LogP contribution in [0.2, 0.25) is 0 Å². The molecule has 3 rings (SSSR count). The summed E-state index contributed by atoms with van der Waals surface area (Å²) in [6, 6.07) is 5.84. The second-order valence-electron chi connectivity index (χ2n) is 5.22. The predicted molar refractivity (Wildman–Crippen MR) is 65.0 cm³/mol. The molecule has 5 heteroatoms. The van der Waals surface area contributed by atoms with Crippen LogP contribution in [0, 0.1) is 22.6 Å². The number of benzene rings is 1. The van der Waals surface area contributed by atoms with E-state index in [1.807, 2.05) is 0 Å². The zero-order valence-electron chi connectivity index (χ0n) is 10.1. The zero-order chi connectivity index (χ0) is 13.6. The molecule has 0 radical (unpaired) electrons. The van der Waals surface area contributed by atoms with Crippen LogP contribution in [0.3, 0.4) is 0 Å². The molecule has 1 aliphatic heterocycles. The van der Waals surface area contributed by atoms with Gasteiger partial charge in [-0.1, -0.05) is 0 Å². The molecule has 0 N–H and O–H groups in total. The number of fused-ring (bicyclic) bond motifs is 1. The number of carbonyl (C=O) groups is 2. The van der Waals surface area contributed by atoms with Gasteiger partial charge >= 0.3 is 0 Å². The number of anilines is 1. The van der Waals surface area contributed by atoms with Crippen LogP contribution in [0.5, 0.6) is 0 Å². The fourth-order valence-corrected chi connectivity index (χ4v) is 2.49. The largest absolute Gasteiger partial charge is 0.304 e. The minimum Gasteiger partial charge on any atom is -0.304 e. The molecule has 1 fully saturated rings. The van der Waals surface area contributed by atoms with E-state index in [1.165, 1.54) is 23.1 Å². The number of nitrogens with zero attached hydrogens (tertiary/aromatic N) is 2. The summed E-state index contributed by atoms with van der Waals surface area (Å²) in [5, 5.41) is 8.79. The van der Waals surface area contributed by atoms with E-state index in [-0.39, 0.29) is 11.0 Å². The molecule has 0 spiro atoms. The summed E-state index contributed by atoms with van der Waals surface area (Å²) in [7, 11) is 0. The molecule has 19 heavy (non-hydrogen) atoms. The Hall–Kier alpha value is -2.22. The maximum absolute atomic E-state index is 13.3. The van der Waals surface area contributed by atoms with E-state index in [9.17, 15) is 14.0 Å². The van der Waals surface area contributed by atoms with Crippen molar-refractivity contribution in [2.24, 2.45) is 5.41 Å². The van der Waals surface area contributed by atoms with E-state index >= 15 is 0 Å². The van der Waals surface area contributed by atoms with Crippen LogP contribution in [0.4, 0.5) is 10.1 Å². The van der Waals surface area contributed by atoms with Gasteiger partial charge in [-0.2, -0.15) is 5.26 Å². The summed E-state index contributed by atoms with van der Waals surface area (Å²) in [5.74, 6) is -1.69. The Kier molecular flexibility index (Phi) is 2.42. The monoisotopic (exact) mass is 258 g/mol. The highest BCUT2D eigenvalue weighted by molar-refractivity contribution is 6.52. The van der Waals surface area contributed by atoms with E-state index < -0.39 is 17.5 Å². The highest BCUT2D eigenvalue weighted by Crippen LogP contribution is 2.50. The van der Waals surface area contributed by atoms with Crippen molar-refractivity contribution >= 4 is 17.4 Å². The molecular formula is C14H11FN2O2. The Morgan fingerprint density at radius 1 is 1.37 bits per heavy atom. The average Bonchev–Trinajstić information content (AvgIpc) is 3.10. The van der Waals surface area contributed by atoms with Gasteiger partial charge in [-0.25, -0.2) is 4.39 Å². The van der Waals surface area contributed by atoms with Crippen LogP contribution >= 0.6 is 0 Å². The quantitative estimate of drug-likeness (QED) is 0.779. The molecule has 0 aromatic heterocycles. The summed E-state index contributed by atoms with van der Waals surface area (Å²) >= 11 is 0. The van der Waals surface area contributed by atoms with Gasteiger partial charge in [0.1, 0.15) is 5.82 Å². The van der Waals surface area contributed by atoms with Crippen LogP contribution in [-0.4, -0.2) is 18.2 Å². The number of Topliss-reactive ketones (excluding diaryl/α,β-unsaturated/α-hetero) is 1. The van der Waals surface area contributed by atoms with Crippen LogP contribution in [0.25, 0.3) is 0 Å². The number of rotatable bonds is 3. The smallest absolute Gasteiger partial charge is 0.299 e. The van der Waals surface area contributed by atoms with Crippen molar-refractivity contribution in [1.82, 2.24) is 0 Å². The molecule has 4 nitrogen and oxygen atoms in total. The highest BCUT2D eigenvalue weighted by atomic mass is 19.1. The first-order chi connectivity index (χ1) is 9.06. The van der Waals surface area contributed by atoms with E-state index in [2.05, 4.69) is 6.07 Å². The summed E-state index contributed by atoms with van der Waals surface area (Å²) in [6.45, 7) is 0.321. The lowest BCUT2D eigenvalue weighted by molar-refractivity contribution is -0.114. The molecule has 96 valence electrons. The maximum atomic E-state index is 13.3. The second-order valence-corrected chi connectivity index (χ2v) is 5.22. The molecule has 0 atom stereocenters. The number of halogens is 1. The fraction of sp³-hybridized carbons (Fsp3) is 0.357. The van der Waals surface area contributed by atoms with Crippen molar-refractivity contribution in [1.29, 1.82) is 5.26 Å². The Labute approximate surface area is 109 Å². The normalized spacial score (nSPS) is 19.3. The molecule has 0 unspecified atom stereocenters. The molecule has 0 saturated heterocycles. The first-order valence-corrected chi connectivity index (χ1v) is 6.09. The Balaban J connectivity index is 1.95. The third kappa shape index (κ3) is 1.80. The molecule has 1 aliphatic carbocycles. The zero-order valence-corrected chi connectivity index (χ0v) is 10.1. The van der Waals surface area contributed by atoms with Gasteiger partial charge in [0.25, 0.3) is 11.7 Å². The van der Waals surface area contributed by atoms with Gasteiger partial charge in [-0.15, -0.1) is 0 Å². The van der Waals surface area contributed by atoms with E-state index in [4.69, 9.17) is 5.26 Å². The predicted octanol–water partition coefficient (Wildman–Crippen LogP) is 2.05. The third-order valence-corrected chi connectivity index (χ3v) is 3.84. The van der Waals surface area contributed by atoms with Gasteiger partial charge in [0.05, 0.1) is 17.3 Å². The van der Waals surface area contributed by atoms with Gasteiger partial charge in [-0.05, 0) is 31.0 Å². The van der Waals surface area contributed by atoms with Crippen molar-refractivity contribution in [2.75, 3.05) is 11.4 Å². The van der Waals surface area contributed by atoms with Gasteiger partial charge in [0.2, 0.25) is 0 Å². The van der Waals surface area contributed by atoms with Crippen molar-refractivity contribution in [3.8, 4) is 6.07 Å². The highest BCUT2D eigenvalue weighted by Gasteiger charge is 2.48. The number of amides is 1. The van der Waals surface area contributed by atoms with E-state index in [1.54, 1.807) is 0 Å². The minimum atomic E-state index is -0.621. The minimum absolute atomic E-state index is 0.210. The number of carbonyl (C=O) groups excluding carboxylic acids is 2. The molecular weight excluding hydrogens is 247 g/mol. The Bertz CT molecular complexity index is 629. The van der Waals surface area contributed by atoms with Crippen LogP contribution in [0.1, 0.15) is 29.6 Å². The maximum Gasteiger partial charge on any atom is 0.299 e. The molecule has 1 saturated carbocycles. The third-order valence-electron chi connectivity index (χ3n) is 3.84. The van der Waals surface area contributed by atoms with Gasteiger partial charge in [0, 0.05) is 18.4 Å². The first kappa shape index (κ1) is 11.8. The molecule has 1 aromatic rings. The Morgan fingerprint density at radius 2 is 2.11 bits per heavy atom. The molecule has 1 aromatic carbocycles. The van der Waals surface area contributed by atoms with Crippen molar-refractivity contribution in [2.45, 2.75) is 19.3 Å². The summed E-state index contributed by atoms with van der Waals surface area (Å²) in [5.41, 5.74) is 0.372. The first-order valence-electron chi connectivity index (χ1n) is 6.09. The molecule has 0 bridgehead atoms. The Morgan fingerprint density at radius 3 is 2.74 bits per heavy atom. The van der Waals surface area contributed by atoms with Gasteiger partial charge in [-0.3, -0.25) is 9.59 Å². The van der Waals surface area contributed by atoms with Crippen molar-refractivity contribution in [3.05, 3.63) is 29.6 Å². The summed E-state index contributed by atoms with van der Waals surface area (Å²) in [4.78, 5) is 25.1. The lowest BCUT2D eigenvalue weighted by atomic mass is 10.0. The van der Waals surface area contributed by atoms with Crippen LogP contribution in [-0.2, 0) is 4.79 Å². The van der Waals surface area contributed by atoms with E-state index in [0.717, 1.165) is 12.8 Å². The van der Waals surface area contributed by atoms with Gasteiger partial charge < -0.3 is 4.90 Å². The van der Waals surface area contributed by atoms with Crippen LogP contribution in [0.15, 0.2) is 18.2 Å². The average molecular weight is 258 g/mol. The van der Waals surface area contributed by atoms with Crippen molar-refractivity contribution < 1.29 is 14.0 Å². The molecule has 2 aliphatic rings. The molecule has 1 heterocycles. The standard InChI is InChI=1S/C14H11FN2O2/c15-9-1-2-10-11(7-9)17(13(19)12(10)18)8-14(3-4-14)5-6-16/h1-2,7H,3-5,8H2. The topological polar surface area (TPSA) is 61.2 Å². The fourth-order valence-electron chi connectivity index (χ4n) is 2.49. The summed E-state index contributed by atoms with van der Waals surface area (Å²) < 4.78 is 13.3. The van der Waals surface area contributed by atoms with E-state index in [0.29, 0.717) is 18.7 Å². The van der Waals surface area contributed by atoms with Crippen molar-refractivity contribution in [3.63, 3.8) is 0 Å².